The number of piperazine rings is 1. The first kappa shape index (κ1) is 16.5. The highest BCUT2D eigenvalue weighted by atomic mass is 16.5. The van der Waals surface area contributed by atoms with Gasteiger partial charge in [0.25, 0.3) is 0 Å². The Labute approximate surface area is 132 Å². The molecule has 1 saturated heterocycles. The van der Waals surface area contributed by atoms with Crippen molar-refractivity contribution in [2.45, 2.75) is 6.42 Å². The van der Waals surface area contributed by atoms with Crippen LogP contribution in [0, 0.1) is 0 Å². The van der Waals surface area contributed by atoms with E-state index in [0.717, 1.165) is 69.0 Å². The summed E-state index contributed by atoms with van der Waals surface area (Å²) in [6.07, 6.45) is 3.42. The number of rotatable bonds is 8. The Bertz CT molecular complexity index is 496. The van der Waals surface area contributed by atoms with Crippen LogP contribution in [0.3, 0.4) is 0 Å². The van der Waals surface area contributed by atoms with E-state index in [-0.39, 0.29) is 0 Å². The molecule has 0 bridgehead atoms. The molecule has 0 atom stereocenters. The highest BCUT2D eigenvalue weighted by Gasteiger charge is 2.10. The first-order chi connectivity index (χ1) is 10.8. The Morgan fingerprint density at radius 2 is 2.14 bits per heavy atom. The summed E-state index contributed by atoms with van der Waals surface area (Å²) in [5, 5.41) is 6.71. The number of carbonyl (C=O) groups excluding carboxylic acids is 1. The molecule has 5 nitrogen and oxygen atoms in total. The van der Waals surface area contributed by atoms with Crippen molar-refractivity contribution in [3.63, 3.8) is 0 Å². The Kier molecular flexibility index (Phi) is 6.93. The molecule has 1 aliphatic rings. The van der Waals surface area contributed by atoms with Gasteiger partial charge in [-0.25, -0.2) is 0 Å². The Morgan fingerprint density at radius 3 is 2.86 bits per heavy atom. The molecular weight excluding hydrogens is 278 g/mol. The van der Waals surface area contributed by atoms with Gasteiger partial charge in [-0.1, -0.05) is 12.1 Å². The zero-order valence-electron chi connectivity index (χ0n) is 13.2. The quantitative estimate of drug-likeness (QED) is 0.428. The molecule has 1 aromatic carbocycles. The molecule has 1 aromatic rings. The van der Waals surface area contributed by atoms with E-state index in [9.17, 15) is 4.79 Å². The number of hydrogen-bond donors (Lipinski definition) is 2. The van der Waals surface area contributed by atoms with Crippen LogP contribution < -0.4 is 15.4 Å². The minimum atomic E-state index is 0.769. The Balaban J connectivity index is 1.86. The number of allylic oxidation sites excluding steroid dienone is 1. The monoisotopic (exact) mass is 303 g/mol. The molecule has 2 rings (SSSR count). The summed E-state index contributed by atoms with van der Waals surface area (Å²) in [5.74, 6) is 0.769. The van der Waals surface area contributed by atoms with Gasteiger partial charge in [-0.15, -0.1) is 0 Å². The first-order valence-corrected chi connectivity index (χ1v) is 7.81. The van der Waals surface area contributed by atoms with Crippen LogP contribution in [0.1, 0.15) is 12.0 Å². The van der Waals surface area contributed by atoms with Crippen LogP contribution in [0.25, 0.3) is 5.70 Å². The maximum absolute atomic E-state index is 10.9. The van der Waals surface area contributed by atoms with E-state index in [4.69, 9.17) is 4.74 Å². The fourth-order valence-electron chi connectivity index (χ4n) is 2.64. The lowest BCUT2D eigenvalue weighted by molar-refractivity contribution is -0.104. The Hall–Kier alpha value is -1.85. The minimum absolute atomic E-state index is 0.769. The van der Waals surface area contributed by atoms with Crippen molar-refractivity contribution in [2.75, 3.05) is 46.4 Å². The van der Waals surface area contributed by atoms with Crippen LogP contribution >= 0.6 is 0 Å². The van der Waals surface area contributed by atoms with E-state index < -0.39 is 0 Å². The maximum Gasteiger partial charge on any atom is 0.144 e. The van der Waals surface area contributed by atoms with E-state index in [2.05, 4.69) is 15.5 Å². The average molecular weight is 303 g/mol. The summed E-state index contributed by atoms with van der Waals surface area (Å²) in [6.45, 7) is 6.29. The molecule has 1 aliphatic heterocycles. The topological polar surface area (TPSA) is 53.6 Å². The molecule has 0 radical (unpaired) electrons. The van der Waals surface area contributed by atoms with Crippen molar-refractivity contribution in [1.82, 2.24) is 15.5 Å². The van der Waals surface area contributed by atoms with Crippen LogP contribution in [0.2, 0.25) is 0 Å². The van der Waals surface area contributed by atoms with E-state index in [0.29, 0.717) is 0 Å². The largest absolute Gasteiger partial charge is 0.496 e. The van der Waals surface area contributed by atoms with E-state index >= 15 is 0 Å². The zero-order valence-corrected chi connectivity index (χ0v) is 13.2. The van der Waals surface area contributed by atoms with Gasteiger partial charge < -0.3 is 20.3 Å². The molecule has 2 N–H and O–H groups in total. The summed E-state index contributed by atoms with van der Waals surface area (Å²) >= 11 is 0. The molecule has 1 heterocycles. The van der Waals surface area contributed by atoms with Crippen LogP contribution in [-0.4, -0.2) is 57.6 Å². The fourth-order valence-corrected chi connectivity index (χ4v) is 2.64. The van der Waals surface area contributed by atoms with Crippen LogP contribution in [0.5, 0.6) is 5.75 Å². The third-order valence-corrected chi connectivity index (χ3v) is 3.81. The molecule has 22 heavy (non-hydrogen) atoms. The highest BCUT2D eigenvalue weighted by Crippen LogP contribution is 2.23. The normalized spacial score (nSPS) is 16.3. The van der Waals surface area contributed by atoms with Gasteiger partial charge in [-0.3, -0.25) is 4.79 Å². The molecule has 0 aliphatic carbocycles. The zero-order chi connectivity index (χ0) is 15.6. The molecular formula is C17H25N3O2. The predicted octanol–water partition coefficient (Wildman–Crippen LogP) is 1.12. The molecule has 0 unspecified atom stereocenters. The third kappa shape index (κ3) is 4.86. The van der Waals surface area contributed by atoms with E-state index in [1.54, 1.807) is 13.2 Å². The maximum atomic E-state index is 10.9. The number of hydrogen-bond acceptors (Lipinski definition) is 5. The van der Waals surface area contributed by atoms with E-state index in [1.807, 2.05) is 24.3 Å². The number of methoxy groups -OCH3 is 1. The van der Waals surface area contributed by atoms with Gasteiger partial charge in [0.2, 0.25) is 0 Å². The van der Waals surface area contributed by atoms with Crippen LogP contribution in [0.4, 0.5) is 0 Å². The van der Waals surface area contributed by atoms with Gasteiger partial charge in [0.1, 0.15) is 12.0 Å². The summed E-state index contributed by atoms with van der Waals surface area (Å²) in [6, 6.07) is 7.72. The molecule has 0 saturated carbocycles. The van der Waals surface area contributed by atoms with Crippen molar-refractivity contribution in [3.8, 4) is 5.75 Å². The number of carbonyl (C=O) groups is 1. The van der Waals surface area contributed by atoms with Crippen LogP contribution in [0.15, 0.2) is 30.3 Å². The number of para-hydroxylation sites is 1. The number of nitrogens with one attached hydrogen (secondary N) is 2. The van der Waals surface area contributed by atoms with Crippen molar-refractivity contribution in [3.05, 3.63) is 35.9 Å². The fraction of sp³-hybridized carbons (Fsp3) is 0.471. The van der Waals surface area contributed by atoms with Gasteiger partial charge in [-0.2, -0.15) is 0 Å². The predicted molar refractivity (Wildman–Crippen MR) is 89.0 cm³/mol. The highest BCUT2D eigenvalue weighted by molar-refractivity contribution is 5.82. The number of nitrogens with zero attached hydrogens (tertiary/aromatic N) is 1. The molecule has 5 heteroatoms. The van der Waals surface area contributed by atoms with Gasteiger partial charge in [0.05, 0.1) is 7.11 Å². The second-order valence-electron chi connectivity index (χ2n) is 5.29. The van der Waals surface area contributed by atoms with Gasteiger partial charge in [-0.05, 0) is 25.1 Å². The molecule has 0 amide bonds. The smallest absolute Gasteiger partial charge is 0.144 e. The standard InChI is InChI=1S/C17H25N3O2/c1-22-17-6-3-2-5-15(17)16(7-14-21)19-8-4-11-20-12-9-18-10-13-20/h2-3,5-7,14,18-19H,4,8-13H2,1H3/b16-7+. The van der Waals surface area contributed by atoms with Crippen molar-refractivity contribution < 1.29 is 9.53 Å². The second kappa shape index (κ2) is 9.23. The van der Waals surface area contributed by atoms with Crippen molar-refractivity contribution in [2.24, 2.45) is 0 Å². The summed E-state index contributed by atoms with van der Waals surface area (Å²) < 4.78 is 5.36. The average Bonchev–Trinajstić information content (AvgIpc) is 2.58. The lowest BCUT2D eigenvalue weighted by Gasteiger charge is -2.27. The van der Waals surface area contributed by atoms with Crippen molar-refractivity contribution >= 4 is 12.0 Å². The molecule has 0 spiro atoms. The Morgan fingerprint density at radius 1 is 1.36 bits per heavy atom. The lowest BCUT2D eigenvalue weighted by atomic mass is 10.1. The van der Waals surface area contributed by atoms with Gasteiger partial charge in [0, 0.05) is 50.1 Å². The van der Waals surface area contributed by atoms with Gasteiger partial charge in [0.15, 0.2) is 0 Å². The summed E-state index contributed by atoms with van der Waals surface area (Å²) in [7, 11) is 1.64. The third-order valence-electron chi connectivity index (χ3n) is 3.81. The summed E-state index contributed by atoms with van der Waals surface area (Å²) in [4.78, 5) is 13.4. The molecule has 1 fully saturated rings. The number of aldehydes is 1. The molecule has 0 aromatic heterocycles. The SMILES string of the molecule is COc1ccccc1/C(=C\C=O)NCCCN1CCNCC1. The number of benzene rings is 1. The molecule has 120 valence electrons. The number of ether oxygens (including phenoxy) is 1. The lowest BCUT2D eigenvalue weighted by Crippen LogP contribution is -2.44. The van der Waals surface area contributed by atoms with Gasteiger partial charge >= 0.3 is 0 Å². The first-order valence-electron chi connectivity index (χ1n) is 7.81. The summed E-state index contributed by atoms with van der Waals surface area (Å²) in [5.41, 5.74) is 1.73. The van der Waals surface area contributed by atoms with Crippen LogP contribution in [-0.2, 0) is 4.79 Å². The van der Waals surface area contributed by atoms with E-state index in [1.165, 1.54) is 0 Å². The van der Waals surface area contributed by atoms with Crippen molar-refractivity contribution in [1.29, 1.82) is 0 Å². The second-order valence-corrected chi connectivity index (χ2v) is 5.29. The minimum Gasteiger partial charge on any atom is -0.496 e.